The number of ketones is 1. The maximum Gasteiger partial charge on any atom is 0.279 e. The summed E-state index contributed by atoms with van der Waals surface area (Å²) in [6.45, 7) is 1.59. The van der Waals surface area contributed by atoms with Gasteiger partial charge in [0.05, 0.1) is 6.54 Å². The largest absolute Gasteiger partial charge is 0.350 e. The smallest absolute Gasteiger partial charge is 0.279 e. The van der Waals surface area contributed by atoms with Gasteiger partial charge in [0.2, 0.25) is 0 Å². The molecule has 0 radical (unpaired) electrons. The molecule has 2 N–H and O–H groups in total. The molecule has 0 saturated heterocycles. The molecule has 0 fully saturated rings. The van der Waals surface area contributed by atoms with Gasteiger partial charge >= 0.3 is 0 Å². The molecule has 4 rings (SSSR count). The zero-order chi connectivity index (χ0) is 24.2. The highest BCUT2D eigenvalue weighted by Gasteiger charge is 2.37. The van der Waals surface area contributed by atoms with Gasteiger partial charge in [-0.15, -0.1) is 0 Å². The van der Waals surface area contributed by atoms with Gasteiger partial charge < -0.3 is 10.6 Å². The van der Waals surface area contributed by atoms with Gasteiger partial charge in [0, 0.05) is 22.5 Å². The van der Waals surface area contributed by atoms with Crippen molar-refractivity contribution in [1.82, 2.24) is 4.90 Å². The Labute approximate surface area is 201 Å². The number of amides is 3. The molecule has 0 spiro atoms. The van der Waals surface area contributed by atoms with Crippen LogP contribution in [0.3, 0.4) is 0 Å². The van der Waals surface area contributed by atoms with Crippen LogP contribution in [0.15, 0.2) is 89.6 Å². The number of Topliss-reactive ketones (excluding diaryl/α,β-unsaturated/α-hetero) is 1. The number of nitrogens with zero attached hydrogens (tertiary/aromatic N) is 1. The average molecular weight is 474 g/mol. The second kappa shape index (κ2) is 9.72. The molecule has 170 valence electrons. The van der Waals surface area contributed by atoms with Crippen LogP contribution >= 0.6 is 11.6 Å². The summed E-state index contributed by atoms with van der Waals surface area (Å²) < 4.78 is 0. The summed E-state index contributed by atoms with van der Waals surface area (Å²) in [5, 5.41) is 5.47. The maximum atomic E-state index is 12.8. The van der Waals surface area contributed by atoms with E-state index in [4.69, 9.17) is 11.6 Å². The zero-order valence-corrected chi connectivity index (χ0v) is 18.9. The lowest BCUT2D eigenvalue weighted by Gasteiger charge is -2.15. The molecule has 0 aromatic heterocycles. The third-order valence-corrected chi connectivity index (χ3v) is 5.61. The summed E-state index contributed by atoms with van der Waals surface area (Å²) in [7, 11) is 0. The zero-order valence-electron chi connectivity index (χ0n) is 18.2. The van der Waals surface area contributed by atoms with E-state index in [0.29, 0.717) is 22.5 Å². The van der Waals surface area contributed by atoms with Crippen molar-refractivity contribution in [1.29, 1.82) is 0 Å². The highest BCUT2D eigenvalue weighted by atomic mass is 35.5. The fourth-order valence-corrected chi connectivity index (χ4v) is 3.64. The van der Waals surface area contributed by atoms with E-state index in [0.717, 1.165) is 10.5 Å². The molecule has 0 atom stereocenters. The lowest BCUT2D eigenvalue weighted by Crippen LogP contribution is -2.31. The number of carbonyl (C=O) groups is 4. The molecule has 3 aromatic rings. The first-order chi connectivity index (χ1) is 16.3. The Balaban J connectivity index is 1.41. The fourth-order valence-electron chi connectivity index (χ4n) is 3.41. The van der Waals surface area contributed by atoms with E-state index in [1.807, 2.05) is 30.3 Å². The van der Waals surface area contributed by atoms with E-state index in [9.17, 15) is 19.2 Å². The van der Waals surface area contributed by atoms with Gasteiger partial charge in [-0.2, -0.15) is 0 Å². The van der Waals surface area contributed by atoms with Gasteiger partial charge in [0.25, 0.3) is 17.7 Å². The van der Waals surface area contributed by atoms with Crippen molar-refractivity contribution < 1.29 is 19.2 Å². The van der Waals surface area contributed by atoms with Crippen molar-refractivity contribution in [2.24, 2.45) is 0 Å². The highest BCUT2D eigenvalue weighted by Crippen LogP contribution is 2.27. The monoisotopic (exact) mass is 473 g/mol. The minimum absolute atomic E-state index is 0.00893. The lowest BCUT2D eigenvalue weighted by atomic mass is 10.1. The van der Waals surface area contributed by atoms with Gasteiger partial charge in [0.15, 0.2) is 5.78 Å². The molecule has 1 aliphatic heterocycles. The van der Waals surface area contributed by atoms with Crippen LogP contribution in [0.2, 0.25) is 0 Å². The molecule has 0 bridgehead atoms. The third-order valence-electron chi connectivity index (χ3n) is 5.26. The standard InChI is InChI=1S/C26H20ClN3O4/c1-16(31)18-7-11-21(12-8-18)29-24(32)19-9-13-20(14-10-19)28-23-22(27)25(33)30(26(23)34)15-17-5-3-2-4-6-17/h2-14,28H,15H2,1H3,(H,29,32). The average Bonchev–Trinajstić information content (AvgIpc) is 3.04. The van der Waals surface area contributed by atoms with Crippen LogP contribution < -0.4 is 10.6 Å². The molecule has 1 heterocycles. The van der Waals surface area contributed by atoms with Gasteiger partial charge in [-0.3, -0.25) is 24.1 Å². The summed E-state index contributed by atoms with van der Waals surface area (Å²) in [5.74, 6) is -1.47. The first kappa shape index (κ1) is 22.9. The van der Waals surface area contributed by atoms with Crippen molar-refractivity contribution in [3.05, 3.63) is 106 Å². The molecule has 0 saturated carbocycles. The summed E-state index contributed by atoms with van der Waals surface area (Å²) in [6.07, 6.45) is 0. The quantitative estimate of drug-likeness (QED) is 0.387. The van der Waals surface area contributed by atoms with Crippen LogP contribution in [-0.4, -0.2) is 28.4 Å². The number of nitrogens with one attached hydrogen (secondary N) is 2. The van der Waals surface area contributed by atoms with E-state index in [2.05, 4.69) is 10.6 Å². The van der Waals surface area contributed by atoms with E-state index in [-0.39, 0.29) is 29.0 Å². The molecule has 3 aromatic carbocycles. The van der Waals surface area contributed by atoms with E-state index in [1.54, 1.807) is 48.5 Å². The topological polar surface area (TPSA) is 95.6 Å². The predicted molar refractivity (Wildman–Crippen MR) is 129 cm³/mol. The SMILES string of the molecule is CC(=O)c1ccc(NC(=O)c2ccc(NC3=C(Cl)C(=O)N(Cc4ccccc4)C3=O)cc2)cc1. The Hall–Kier alpha value is -4.23. The van der Waals surface area contributed by atoms with Gasteiger partial charge in [0.1, 0.15) is 10.7 Å². The first-order valence-electron chi connectivity index (χ1n) is 10.4. The normalized spacial score (nSPS) is 13.3. The molecular formula is C26H20ClN3O4. The second-order valence-corrected chi connectivity index (χ2v) is 8.04. The number of anilines is 2. The van der Waals surface area contributed by atoms with Crippen molar-refractivity contribution in [2.75, 3.05) is 10.6 Å². The fraction of sp³-hybridized carbons (Fsp3) is 0.0769. The Kier molecular flexibility index (Phi) is 6.56. The maximum absolute atomic E-state index is 12.8. The van der Waals surface area contributed by atoms with Gasteiger partial charge in [-0.25, -0.2) is 0 Å². The Morgan fingerprint density at radius 2 is 1.38 bits per heavy atom. The van der Waals surface area contributed by atoms with Crippen molar-refractivity contribution in [2.45, 2.75) is 13.5 Å². The van der Waals surface area contributed by atoms with Crippen molar-refractivity contribution in [3.8, 4) is 0 Å². The van der Waals surface area contributed by atoms with Gasteiger partial charge in [-0.1, -0.05) is 41.9 Å². The summed E-state index contributed by atoms with van der Waals surface area (Å²) in [4.78, 5) is 50.3. The minimum Gasteiger partial charge on any atom is -0.350 e. The minimum atomic E-state index is -0.565. The number of halogens is 1. The molecule has 34 heavy (non-hydrogen) atoms. The van der Waals surface area contributed by atoms with Crippen LogP contribution in [0, 0.1) is 0 Å². The van der Waals surface area contributed by atoms with E-state index < -0.39 is 11.8 Å². The highest BCUT2D eigenvalue weighted by molar-refractivity contribution is 6.48. The molecule has 3 amide bonds. The first-order valence-corrected chi connectivity index (χ1v) is 10.8. The molecule has 0 aliphatic carbocycles. The molecule has 0 unspecified atom stereocenters. The molecule has 8 heteroatoms. The summed E-state index contributed by atoms with van der Waals surface area (Å²) in [5.41, 5.74) is 2.80. The van der Waals surface area contributed by atoms with Crippen LogP contribution in [0.25, 0.3) is 0 Å². The lowest BCUT2D eigenvalue weighted by molar-refractivity contribution is -0.138. The summed E-state index contributed by atoms with van der Waals surface area (Å²) in [6, 6.07) is 22.1. The van der Waals surface area contributed by atoms with Crippen LogP contribution in [0.1, 0.15) is 33.2 Å². The molecular weight excluding hydrogens is 454 g/mol. The van der Waals surface area contributed by atoms with Crippen molar-refractivity contribution >= 4 is 46.5 Å². The molecule has 1 aliphatic rings. The third kappa shape index (κ3) is 4.89. The van der Waals surface area contributed by atoms with Crippen LogP contribution in [0.4, 0.5) is 11.4 Å². The Morgan fingerprint density at radius 3 is 2.00 bits per heavy atom. The van der Waals surface area contributed by atoms with E-state index in [1.165, 1.54) is 6.92 Å². The predicted octanol–water partition coefficient (Wildman–Crippen LogP) is 4.57. The van der Waals surface area contributed by atoms with Crippen LogP contribution in [0.5, 0.6) is 0 Å². The Bertz CT molecular complexity index is 1300. The Morgan fingerprint density at radius 1 is 0.794 bits per heavy atom. The van der Waals surface area contributed by atoms with Crippen molar-refractivity contribution in [3.63, 3.8) is 0 Å². The number of imide groups is 1. The number of hydrogen-bond donors (Lipinski definition) is 2. The molecule has 7 nitrogen and oxygen atoms in total. The number of hydrogen-bond acceptors (Lipinski definition) is 5. The number of carbonyl (C=O) groups excluding carboxylic acids is 4. The second-order valence-electron chi connectivity index (χ2n) is 7.66. The number of rotatable bonds is 7. The summed E-state index contributed by atoms with van der Waals surface area (Å²) >= 11 is 6.16. The number of benzene rings is 3. The van der Waals surface area contributed by atoms with E-state index >= 15 is 0 Å². The van der Waals surface area contributed by atoms with Gasteiger partial charge in [-0.05, 0) is 61.0 Å². The van der Waals surface area contributed by atoms with Crippen LogP contribution in [-0.2, 0) is 16.1 Å².